The monoisotopic (exact) mass is 310 g/mol. The lowest BCUT2D eigenvalue weighted by Gasteiger charge is -2.21. The van der Waals surface area contributed by atoms with E-state index in [9.17, 15) is 4.79 Å². The molecule has 4 nitrogen and oxygen atoms in total. The number of carbonyl (C=O) groups is 1. The molecule has 0 saturated carbocycles. The van der Waals surface area contributed by atoms with Crippen LogP contribution in [0.4, 0.5) is 11.4 Å². The molecule has 1 aliphatic heterocycles. The number of carbonyl (C=O) groups excluding carboxylic acids is 1. The molecule has 1 fully saturated rings. The van der Waals surface area contributed by atoms with Crippen LogP contribution in [-0.2, 0) is 0 Å². The number of benzene rings is 2. The van der Waals surface area contributed by atoms with E-state index in [1.165, 1.54) is 12.8 Å². The molecule has 0 atom stereocenters. The van der Waals surface area contributed by atoms with Crippen LogP contribution in [0.5, 0.6) is 5.75 Å². The molecule has 1 saturated heterocycles. The second-order valence-corrected chi connectivity index (χ2v) is 5.63. The van der Waals surface area contributed by atoms with Crippen LogP contribution in [0.1, 0.15) is 30.1 Å². The fourth-order valence-corrected chi connectivity index (χ4v) is 2.90. The van der Waals surface area contributed by atoms with Gasteiger partial charge in [0, 0.05) is 18.7 Å². The normalized spacial score (nSPS) is 13.9. The van der Waals surface area contributed by atoms with E-state index < -0.39 is 0 Å². The van der Waals surface area contributed by atoms with E-state index in [0.717, 1.165) is 24.5 Å². The third-order valence-corrected chi connectivity index (χ3v) is 4.01. The molecule has 1 amide bonds. The van der Waals surface area contributed by atoms with Crippen molar-refractivity contribution in [3.63, 3.8) is 0 Å². The molecule has 2 aromatic carbocycles. The van der Waals surface area contributed by atoms with E-state index in [-0.39, 0.29) is 5.91 Å². The van der Waals surface area contributed by atoms with Crippen molar-refractivity contribution in [2.75, 3.05) is 29.9 Å². The van der Waals surface area contributed by atoms with Crippen LogP contribution in [0.2, 0.25) is 0 Å². The maximum Gasteiger partial charge on any atom is 0.255 e. The Morgan fingerprint density at radius 3 is 2.70 bits per heavy atom. The molecule has 0 aromatic heterocycles. The quantitative estimate of drug-likeness (QED) is 0.909. The Balaban J connectivity index is 1.79. The Morgan fingerprint density at radius 1 is 1.13 bits per heavy atom. The van der Waals surface area contributed by atoms with Crippen molar-refractivity contribution < 1.29 is 9.53 Å². The summed E-state index contributed by atoms with van der Waals surface area (Å²) in [4.78, 5) is 14.9. The standard InChI is InChI=1S/C19H22N2O2/c1-2-23-16-9-7-8-15(14-16)19(22)20-17-10-3-4-11-18(17)21-12-5-6-13-21/h3-4,7-11,14H,2,5-6,12-13H2,1H3,(H,20,22). The Labute approximate surface area is 137 Å². The molecule has 0 unspecified atom stereocenters. The molecule has 0 aliphatic carbocycles. The molecule has 0 spiro atoms. The molecule has 0 bridgehead atoms. The van der Waals surface area contributed by atoms with Gasteiger partial charge in [-0.2, -0.15) is 0 Å². The van der Waals surface area contributed by atoms with Crippen LogP contribution < -0.4 is 15.0 Å². The van der Waals surface area contributed by atoms with Crippen molar-refractivity contribution in [3.8, 4) is 5.75 Å². The number of para-hydroxylation sites is 2. The van der Waals surface area contributed by atoms with Gasteiger partial charge in [0.1, 0.15) is 5.75 Å². The fourth-order valence-electron chi connectivity index (χ4n) is 2.90. The van der Waals surface area contributed by atoms with Gasteiger partial charge in [-0.15, -0.1) is 0 Å². The summed E-state index contributed by atoms with van der Waals surface area (Å²) in [5, 5.41) is 3.04. The summed E-state index contributed by atoms with van der Waals surface area (Å²) in [5.74, 6) is 0.603. The lowest BCUT2D eigenvalue weighted by atomic mass is 10.2. The number of ether oxygens (including phenoxy) is 1. The first-order chi connectivity index (χ1) is 11.3. The van der Waals surface area contributed by atoms with Crippen molar-refractivity contribution in [2.45, 2.75) is 19.8 Å². The second-order valence-electron chi connectivity index (χ2n) is 5.63. The summed E-state index contributed by atoms with van der Waals surface area (Å²) < 4.78 is 5.46. The van der Waals surface area contributed by atoms with Gasteiger partial charge in [-0.25, -0.2) is 0 Å². The number of nitrogens with zero attached hydrogens (tertiary/aromatic N) is 1. The first kappa shape index (κ1) is 15.4. The molecule has 4 heteroatoms. The van der Waals surface area contributed by atoms with Crippen LogP contribution in [0, 0.1) is 0 Å². The minimum Gasteiger partial charge on any atom is -0.494 e. The highest BCUT2D eigenvalue weighted by Gasteiger charge is 2.17. The van der Waals surface area contributed by atoms with Crippen LogP contribution in [0.3, 0.4) is 0 Å². The van der Waals surface area contributed by atoms with E-state index in [4.69, 9.17) is 4.74 Å². The number of hydrogen-bond donors (Lipinski definition) is 1. The topological polar surface area (TPSA) is 41.6 Å². The maximum atomic E-state index is 12.6. The average molecular weight is 310 g/mol. The van der Waals surface area contributed by atoms with Gasteiger partial charge in [0.2, 0.25) is 0 Å². The first-order valence-corrected chi connectivity index (χ1v) is 8.16. The summed E-state index contributed by atoms with van der Waals surface area (Å²) in [6.07, 6.45) is 2.41. The van der Waals surface area contributed by atoms with Crippen molar-refractivity contribution in [1.29, 1.82) is 0 Å². The fraction of sp³-hybridized carbons (Fsp3) is 0.316. The molecule has 3 rings (SSSR count). The Hall–Kier alpha value is -2.49. The smallest absolute Gasteiger partial charge is 0.255 e. The third kappa shape index (κ3) is 3.65. The van der Waals surface area contributed by atoms with Gasteiger partial charge < -0.3 is 15.0 Å². The summed E-state index contributed by atoms with van der Waals surface area (Å²) in [5.41, 5.74) is 2.56. The highest BCUT2D eigenvalue weighted by molar-refractivity contribution is 6.06. The number of hydrogen-bond acceptors (Lipinski definition) is 3. The van der Waals surface area contributed by atoms with Crippen molar-refractivity contribution in [3.05, 3.63) is 54.1 Å². The number of rotatable bonds is 5. The Morgan fingerprint density at radius 2 is 1.91 bits per heavy atom. The molecular weight excluding hydrogens is 288 g/mol. The highest BCUT2D eigenvalue weighted by Crippen LogP contribution is 2.29. The average Bonchev–Trinajstić information content (AvgIpc) is 3.10. The van der Waals surface area contributed by atoms with Crippen LogP contribution >= 0.6 is 0 Å². The number of nitrogens with one attached hydrogen (secondary N) is 1. The first-order valence-electron chi connectivity index (χ1n) is 8.16. The predicted molar refractivity (Wildman–Crippen MR) is 93.5 cm³/mol. The van der Waals surface area contributed by atoms with E-state index in [1.54, 1.807) is 12.1 Å². The van der Waals surface area contributed by atoms with Crippen LogP contribution in [-0.4, -0.2) is 25.6 Å². The molecular formula is C19H22N2O2. The number of anilines is 2. The minimum absolute atomic E-state index is 0.113. The van der Waals surface area contributed by atoms with Gasteiger partial charge in [-0.3, -0.25) is 4.79 Å². The van der Waals surface area contributed by atoms with Gasteiger partial charge in [-0.05, 0) is 50.1 Å². The number of amides is 1. The molecule has 23 heavy (non-hydrogen) atoms. The maximum absolute atomic E-state index is 12.6. The van der Waals surface area contributed by atoms with E-state index in [0.29, 0.717) is 17.9 Å². The minimum atomic E-state index is -0.113. The van der Waals surface area contributed by atoms with E-state index in [2.05, 4.69) is 16.3 Å². The molecule has 0 radical (unpaired) electrons. The zero-order valence-corrected chi connectivity index (χ0v) is 13.4. The largest absolute Gasteiger partial charge is 0.494 e. The van der Waals surface area contributed by atoms with Crippen LogP contribution in [0.25, 0.3) is 0 Å². The zero-order chi connectivity index (χ0) is 16.1. The lowest BCUT2D eigenvalue weighted by molar-refractivity contribution is 0.102. The van der Waals surface area contributed by atoms with Crippen molar-refractivity contribution in [1.82, 2.24) is 0 Å². The predicted octanol–water partition coefficient (Wildman–Crippen LogP) is 3.94. The van der Waals surface area contributed by atoms with Gasteiger partial charge in [0.15, 0.2) is 0 Å². The van der Waals surface area contributed by atoms with Gasteiger partial charge in [-0.1, -0.05) is 18.2 Å². The third-order valence-electron chi connectivity index (χ3n) is 4.01. The second kappa shape index (κ2) is 7.18. The molecule has 1 N–H and O–H groups in total. The van der Waals surface area contributed by atoms with Crippen molar-refractivity contribution in [2.24, 2.45) is 0 Å². The van der Waals surface area contributed by atoms with Gasteiger partial charge >= 0.3 is 0 Å². The SMILES string of the molecule is CCOc1cccc(C(=O)Nc2ccccc2N2CCCC2)c1. The van der Waals surface area contributed by atoms with Crippen molar-refractivity contribution >= 4 is 17.3 Å². The van der Waals surface area contributed by atoms with Gasteiger partial charge in [0.25, 0.3) is 5.91 Å². The lowest BCUT2D eigenvalue weighted by Crippen LogP contribution is -2.21. The van der Waals surface area contributed by atoms with E-state index >= 15 is 0 Å². The Kier molecular flexibility index (Phi) is 4.81. The summed E-state index contributed by atoms with van der Waals surface area (Å²) >= 11 is 0. The summed E-state index contributed by atoms with van der Waals surface area (Å²) in [6.45, 7) is 4.61. The van der Waals surface area contributed by atoms with Gasteiger partial charge in [0.05, 0.1) is 18.0 Å². The molecule has 1 heterocycles. The molecule has 1 aliphatic rings. The highest BCUT2D eigenvalue weighted by atomic mass is 16.5. The summed E-state index contributed by atoms with van der Waals surface area (Å²) in [7, 11) is 0. The zero-order valence-electron chi connectivity index (χ0n) is 13.4. The molecule has 120 valence electrons. The molecule has 2 aromatic rings. The van der Waals surface area contributed by atoms with E-state index in [1.807, 2.05) is 37.3 Å². The summed E-state index contributed by atoms with van der Waals surface area (Å²) in [6, 6.07) is 15.3. The Bertz CT molecular complexity index is 679. The van der Waals surface area contributed by atoms with Crippen LogP contribution in [0.15, 0.2) is 48.5 Å².